The Balaban J connectivity index is 2.02. The lowest BCUT2D eigenvalue weighted by Crippen LogP contribution is -2.33. The van der Waals surface area contributed by atoms with Gasteiger partial charge < -0.3 is 9.84 Å². The minimum absolute atomic E-state index is 0.165. The molecule has 0 aliphatic rings. The largest absolute Gasteiger partial charge is 0.481 e. The Morgan fingerprint density at radius 3 is 1.48 bits per heavy atom. The fourth-order valence-electron chi connectivity index (χ4n) is 3.37. The lowest BCUT2D eigenvalue weighted by Gasteiger charge is -2.36. The second-order valence-electron chi connectivity index (χ2n) is 6.48. The fraction of sp³-hybridized carbons (Fsp3) is 0.208. The number of rotatable bonds is 9. The maximum absolute atomic E-state index is 10.8. The molecular formula is C24H24O3. The molecule has 0 spiro atoms. The lowest BCUT2D eigenvalue weighted by atomic mass is 9.80. The smallest absolute Gasteiger partial charge is 0.303 e. The van der Waals surface area contributed by atoms with Crippen molar-refractivity contribution in [2.45, 2.75) is 24.9 Å². The summed E-state index contributed by atoms with van der Waals surface area (Å²) >= 11 is 0. The average Bonchev–Trinajstić information content (AvgIpc) is 2.73. The SMILES string of the molecule is O=C(O)CCCCOC(c1ccccc1)(c1ccccc1)c1ccccc1. The van der Waals surface area contributed by atoms with E-state index in [-0.39, 0.29) is 6.42 Å². The second-order valence-corrected chi connectivity index (χ2v) is 6.48. The number of hydrogen-bond acceptors (Lipinski definition) is 2. The van der Waals surface area contributed by atoms with E-state index in [0.29, 0.717) is 19.4 Å². The molecule has 0 radical (unpaired) electrons. The Bertz CT molecular complexity index is 733. The Morgan fingerprint density at radius 2 is 1.11 bits per heavy atom. The van der Waals surface area contributed by atoms with Crippen molar-refractivity contribution in [2.75, 3.05) is 6.61 Å². The molecule has 3 rings (SSSR count). The molecule has 3 nitrogen and oxygen atoms in total. The second kappa shape index (κ2) is 9.15. The molecule has 0 saturated heterocycles. The van der Waals surface area contributed by atoms with Crippen LogP contribution in [0.5, 0.6) is 0 Å². The van der Waals surface area contributed by atoms with Crippen molar-refractivity contribution in [3.63, 3.8) is 0 Å². The standard InChI is InChI=1S/C24H24O3/c25-23(26)18-10-11-19-27-24(20-12-4-1-5-13-20,21-14-6-2-7-15-21)22-16-8-3-9-17-22/h1-9,12-17H,10-11,18-19H2,(H,25,26). The summed E-state index contributed by atoms with van der Waals surface area (Å²) < 4.78 is 6.58. The summed E-state index contributed by atoms with van der Waals surface area (Å²) in [4.78, 5) is 10.8. The van der Waals surface area contributed by atoms with Gasteiger partial charge in [-0.15, -0.1) is 0 Å². The number of carboxylic acid groups (broad SMARTS) is 1. The van der Waals surface area contributed by atoms with Gasteiger partial charge in [-0.05, 0) is 29.5 Å². The fourth-order valence-corrected chi connectivity index (χ4v) is 3.37. The van der Waals surface area contributed by atoms with Crippen LogP contribution in [0.25, 0.3) is 0 Å². The van der Waals surface area contributed by atoms with E-state index in [1.165, 1.54) is 0 Å². The summed E-state index contributed by atoms with van der Waals surface area (Å²) in [7, 11) is 0. The number of ether oxygens (including phenoxy) is 1. The molecule has 0 atom stereocenters. The number of hydrogen-bond donors (Lipinski definition) is 1. The highest BCUT2D eigenvalue weighted by atomic mass is 16.5. The topological polar surface area (TPSA) is 46.5 Å². The van der Waals surface area contributed by atoms with Crippen LogP contribution in [-0.4, -0.2) is 17.7 Å². The molecule has 3 aromatic rings. The molecule has 0 saturated carbocycles. The molecular weight excluding hydrogens is 336 g/mol. The van der Waals surface area contributed by atoms with E-state index in [0.717, 1.165) is 16.7 Å². The molecule has 0 aliphatic heterocycles. The summed E-state index contributed by atoms with van der Waals surface area (Å²) in [5.41, 5.74) is 2.44. The van der Waals surface area contributed by atoms with Crippen LogP contribution < -0.4 is 0 Å². The molecule has 1 N–H and O–H groups in total. The van der Waals surface area contributed by atoms with Gasteiger partial charge in [0.2, 0.25) is 0 Å². The molecule has 0 amide bonds. The molecule has 27 heavy (non-hydrogen) atoms. The maximum Gasteiger partial charge on any atom is 0.303 e. The van der Waals surface area contributed by atoms with Crippen LogP contribution in [-0.2, 0) is 15.1 Å². The third-order valence-electron chi connectivity index (χ3n) is 4.64. The third-order valence-corrected chi connectivity index (χ3v) is 4.64. The number of unbranched alkanes of at least 4 members (excludes halogenated alkanes) is 1. The zero-order valence-electron chi connectivity index (χ0n) is 15.3. The van der Waals surface area contributed by atoms with Crippen LogP contribution in [0.2, 0.25) is 0 Å². The van der Waals surface area contributed by atoms with Gasteiger partial charge in [-0.25, -0.2) is 0 Å². The third kappa shape index (κ3) is 4.44. The van der Waals surface area contributed by atoms with Crippen LogP contribution in [0.1, 0.15) is 36.0 Å². The summed E-state index contributed by atoms with van der Waals surface area (Å²) in [5, 5.41) is 8.87. The quantitative estimate of drug-likeness (QED) is 0.419. The number of carboxylic acids is 1. The summed E-state index contributed by atoms with van der Waals surface area (Å²) in [5.74, 6) is -0.768. The Hall–Kier alpha value is -2.91. The molecule has 0 aliphatic carbocycles. The van der Waals surface area contributed by atoms with E-state index in [4.69, 9.17) is 9.84 Å². The molecule has 0 bridgehead atoms. The van der Waals surface area contributed by atoms with Crippen LogP contribution >= 0.6 is 0 Å². The van der Waals surface area contributed by atoms with E-state index >= 15 is 0 Å². The van der Waals surface area contributed by atoms with Crippen molar-refractivity contribution in [2.24, 2.45) is 0 Å². The predicted molar refractivity (Wildman–Crippen MR) is 107 cm³/mol. The predicted octanol–water partition coefficient (Wildman–Crippen LogP) is 5.25. The first-order valence-electron chi connectivity index (χ1n) is 9.26. The van der Waals surface area contributed by atoms with E-state index in [1.807, 2.05) is 54.6 Å². The van der Waals surface area contributed by atoms with Crippen LogP contribution in [0, 0.1) is 0 Å². The Labute approximate surface area is 160 Å². The number of aliphatic carboxylic acids is 1. The van der Waals surface area contributed by atoms with Gasteiger partial charge in [0.1, 0.15) is 5.60 Å². The first-order chi connectivity index (χ1) is 13.2. The van der Waals surface area contributed by atoms with Gasteiger partial charge in [0, 0.05) is 13.0 Å². The minimum Gasteiger partial charge on any atom is -0.481 e. The van der Waals surface area contributed by atoms with Crippen molar-refractivity contribution in [3.8, 4) is 0 Å². The monoisotopic (exact) mass is 360 g/mol. The molecule has 0 fully saturated rings. The lowest BCUT2D eigenvalue weighted by molar-refractivity contribution is -0.137. The summed E-state index contributed by atoms with van der Waals surface area (Å²) in [6.07, 6.45) is 1.46. The summed E-state index contributed by atoms with van der Waals surface area (Å²) in [6.45, 7) is 0.478. The number of carbonyl (C=O) groups is 1. The van der Waals surface area contributed by atoms with E-state index in [9.17, 15) is 4.79 Å². The van der Waals surface area contributed by atoms with Crippen molar-refractivity contribution >= 4 is 5.97 Å². The van der Waals surface area contributed by atoms with Crippen LogP contribution in [0.4, 0.5) is 0 Å². The van der Waals surface area contributed by atoms with Gasteiger partial charge in [-0.1, -0.05) is 91.0 Å². The first kappa shape index (κ1) is 18.9. The van der Waals surface area contributed by atoms with Gasteiger partial charge >= 0.3 is 5.97 Å². The highest BCUT2D eigenvalue weighted by molar-refractivity contribution is 5.66. The van der Waals surface area contributed by atoms with E-state index < -0.39 is 11.6 Å². The zero-order valence-corrected chi connectivity index (χ0v) is 15.3. The maximum atomic E-state index is 10.8. The normalized spacial score (nSPS) is 11.3. The van der Waals surface area contributed by atoms with Crippen LogP contribution in [0.3, 0.4) is 0 Å². The van der Waals surface area contributed by atoms with Crippen LogP contribution in [0.15, 0.2) is 91.0 Å². The molecule has 3 heteroatoms. The summed E-state index contributed by atoms with van der Waals surface area (Å²) in [6, 6.07) is 30.6. The minimum atomic E-state index is -0.768. The highest BCUT2D eigenvalue weighted by Gasteiger charge is 2.37. The van der Waals surface area contributed by atoms with Gasteiger partial charge in [-0.2, -0.15) is 0 Å². The number of benzene rings is 3. The van der Waals surface area contributed by atoms with Crippen molar-refractivity contribution in [1.29, 1.82) is 0 Å². The van der Waals surface area contributed by atoms with Crippen molar-refractivity contribution in [1.82, 2.24) is 0 Å². The van der Waals surface area contributed by atoms with Gasteiger partial charge in [0.25, 0.3) is 0 Å². The van der Waals surface area contributed by atoms with Crippen molar-refractivity contribution in [3.05, 3.63) is 108 Å². The Kier molecular flexibility index (Phi) is 6.39. The molecule has 138 valence electrons. The van der Waals surface area contributed by atoms with Crippen molar-refractivity contribution < 1.29 is 14.6 Å². The molecule has 3 aromatic carbocycles. The van der Waals surface area contributed by atoms with Gasteiger partial charge in [0.05, 0.1) is 0 Å². The molecule has 0 heterocycles. The first-order valence-corrected chi connectivity index (χ1v) is 9.26. The highest BCUT2D eigenvalue weighted by Crippen LogP contribution is 2.40. The van der Waals surface area contributed by atoms with Gasteiger partial charge in [0.15, 0.2) is 0 Å². The van der Waals surface area contributed by atoms with Gasteiger partial charge in [-0.3, -0.25) is 4.79 Å². The van der Waals surface area contributed by atoms with E-state index in [2.05, 4.69) is 36.4 Å². The zero-order chi connectivity index (χ0) is 19.0. The molecule has 0 aromatic heterocycles. The Morgan fingerprint density at radius 1 is 0.704 bits per heavy atom. The average molecular weight is 360 g/mol. The van der Waals surface area contributed by atoms with E-state index in [1.54, 1.807) is 0 Å². The molecule has 0 unspecified atom stereocenters.